The minimum absolute atomic E-state index is 0.00167. The van der Waals surface area contributed by atoms with E-state index < -0.39 is 0 Å². The summed E-state index contributed by atoms with van der Waals surface area (Å²) in [6.07, 6.45) is 7.95. The molecule has 0 saturated carbocycles. The van der Waals surface area contributed by atoms with Crippen molar-refractivity contribution in [1.29, 1.82) is 0 Å². The van der Waals surface area contributed by atoms with Crippen molar-refractivity contribution >= 4 is 52.1 Å². The van der Waals surface area contributed by atoms with Crippen LogP contribution in [0.4, 0.5) is 0 Å². The second-order valence-corrected chi connectivity index (χ2v) is 9.23. The van der Waals surface area contributed by atoms with Gasteiger partial charge in [0, 0.05) is 22.1 Å². The van der Waals surface area contributed by atoms with Crippen molar-refractivity contribution in [2.24, 2.45) is 0 Å². The molecule has 1 aromatic heterocycles. The molecular weight excluding hydrogens is 354 g/mol. The molecule has 0 radical (unpaired) electrons. The minimum atomic E-state index is 0.00167. The fraction of sp³-hybridized carbons (Fsp3) is 0.200. The Hall–Kier alpha value is -1.29. The summed E-state index contributed by atoms with van der Waals surface area (Å²) in [6.45, 7) is 0. The number of rotatable bonds is 3. The minimum Gasteiger partial charge on any atom is -0.361 e. The molecule has 0 amide bonds. The number of aromatic nitrogens is 1. The zero-order chi connectivity index (χ0) is 16.4. The quantitative estimate of drug-likeness (QED) is 0.561. The lowest BCUT2D eigenvalue weighted by molar-refractivity contribution is 1.04. The van der Waals surface area contributed by atoms with E-state index >= 15 is 0 Å². The summed E-state index contributed by atoms with van der Waals surface area (Å²) in [5.41, 5.74) is 3.68. The number of halogens is 1. The molecule has 4 rings (SSSR count). The van der Waals surface area contributed by atoms with Crippen LogP contribution in [0.2, 0.25) is 5.02 Å². The van der Waals surface area contributed by atoms with Gasteiger partial charge >= 0.3 is 0 Å². The zero-order valence-corrected chi connectivity index (χ0v) is 15.6. The predicted octanol–water partition coefficient (Wildman–Crippen LogP) is 6.56. The molecule has 0 unspecified atom stereocenters. The second kappa shape index (κ2) is 6.91. The predicted molar refractivity (Wildman–Crippen MR) is 110 cm³/mol. The average molecular weight is 372 g/mol. The van der Waals surface area contributed by atoms with Crippen molar-refractivity contribution in [3.63, 3.8) is 0 Å². The third-order valence-electron chi connectivity index (χ3n) is 4.26. The summed E-state index contributed by atoms with van der Waals surface area (Å²) in [4.78, 5) is 3.33. The lowest BCUT2D eigenvalue weighted by Gasteiger charge is -2.34. The highest BCUT2D eigenvalue weighted by Crippen LogP contribution is 2.51. The highest BCUT2D eigenvalue weighted by molar-refractivity contribution is 8.18. The molecule has 0 aliphatic carbocycles. The lowest BCUT2D eigenvalue weighted by atomic mass is 10.1. The van der Waals surface area contributed by atoms with E-state index in [9.17, 15) is 0 Å². The van der Waals surface area contributed by atoms with E-state index in [1.807, 2.05) is 41.7 Å². The van der Waals surface area contributed by atoms with Crippen LogP contribution in [0.5, 0.6) is 0 Å². The van der Waals surface area contributed by atoms with Crippen molar-refractivity contribution in [2.45, 2.75) is 10.5 Å². The number of H-pyrrole nitrogens is 1. The number of aromatic amines is 1. The van der Waals surface area contributed by atoms with Crippen molar-refractivity contribution in [3.8, 4) is 0 Å². The molecule has 1 saturated heterocycles. The molecule has 1 N–H and O–H groups in total. The van der Waals surface area contributed by atoms with Gasteiger partial charge in [-0.15, -0.1) is 23.5 Å². The Morgan fingerprint density at radius 3 is 2.62 bits per heavy atom. The van der Waals surface area contributed by atoms with Crippen LogP contribution in [0.15, 0.2) is 60.8 Å². The van der Waals surface area contributed by atoms with Crippen molar-refractivity contribution < 1.29 is 0 Å². The topological polar surface area (TPSA) is 15.8 Å². The van der Waals surface area contributed by atoms with Crippen molar-refractivity contribution in [2.75, 3.05) is 11.5 Å². The molecule has 0 bridgehead atoms. The monoisotopic (exact) mass is 371 g/mol. The van der Waals surface area contributed by atoms with Gasteiger partial charge in [0.2, 0.25) is 0 Å². The standard InChI is InChI=1S/C20H18ClNS2/c21-17-7-8-19-18(13-17)15(14-22-19)9-10-20(23-11-4-12-24-20)16-5-2-1-3-6-16/h1-3,5-10,13-14,22H,4,11-12H2/b10-9+. The van der Waals surface area contributed by atoms with Crippen LogP contribution in [-0.2, 0) is 4.08 Å². The number of hydrogen-bond donors (Lipinski definition) is 1. The van der Waals surface area contributed by atoms with Crippen LogP contribution in [0, 0.1) is 0 Å². The van der Waals surface area contributed by atoms with Crippen LogP contribution in [0.3, 0.4) is 0 Å². The molecule has 122 valence electrons. The van der Waals surface area contributed by atoms with Crippen LogP contribution in [0.1, 0.15) is 17.5 Å². The van der Waals surface area contributed by atoms with E-state index in [2.05, 4.69) is 53.7 Å². The van der Waals surface area contributed by atoms with E-state index in [4.69, 9.17) is 11.6 Å². The molecule has 1 aliphatic heterocycles. The second-order valence-electron chi connectivity index (χ2n) is 5.85. The molecule has 2 heterocycles. The number of nitrogens with one attached hydrogen (secondary N) is 1. The Kier molecular flexibility index (Phi) is 4.66. The van der Waals surface area contributed by atoms with Gasteiger partial charge in [-0.1, -0.05) is 54.1 Å². The summed E-state index contributed by atoms with van der Waals surface area (Å²) >= 11 is 10.2. The molecule has 24 heavy (non-hydrogen) atoms. The number of hydrogen-bond acceptors (Lipinski definition) is 2. The summed E-state index contributed by atoms with van der Waals surface area (Å²) < 4.78 is 0.00167. The number of thioether (sulfide) groups is 2. The van der Waals surface area contributed by atoms with E-state index in [0.717, 1.165) is 10.5 Å². The van der Waals surface area contributed by atoms with Gasteiger partial charge in [0.1, 0.15) is 4.08 Å². The first-order chi connectivity index (χ1) is 11.8. The summed E-state index contributed by atoms with van der Waals surface area (Å²) in [5.74, 6) is 2.40. The highest BCUT2D eigenvalue weighted by atomic mass is 35.5. The molecule has 1 nitrogen and oxygen atoms in total. The van der Waals surface area contributed by atoms with Crippen LogP contribution >= 0.6 is 35.1 Å². The molecule has 4 heteroatoms. The Bertz CT molecular complexity index is 864. The summed E-state index contributed by atoms with van der Waals surface area (Å²) in [7, 11) is 0. The van der Waals surface area contributed by atoms with Gasteiger partial charge in [0.05, 0.1) is 0 Å². The van der Waals surface area contributed by atoms with Crippen molar-refractivity contribution in [1.82, 2.24) is 4.98 Å². The Morgan fingerprint density at radius 2 is 1.83 bits per heavy atom. The summed E-state index contributed by atoms with van der Waals surface area (Å²) in [5, 5.41) is 1.95. The highest BCUT2D eigenvalue weighted by Gasteiger charge is 2.32. The fourth-order valence-corrected chi connectivity index (χ4v) is 6.34. The van der Waals surface area contributed by atoms with E-state index in [1.54, 1.807) is 0 Å². The van der Waals surface area contributed by atoms with E-state index in [1.165, 1.54) is 34.4 Å². The third-order valence-corrected chi connectivity index (χ3v) is 7.78. The molecule has 1 fully saturated rings. The van der Waals surface area contributed by atoms with Gasteiger partial charge in [-0.3, -0.25) is 0 Å². The Labute approximate surface area is 155 Å². The average Bonchev–Trinajstić information content (AvgIpc) is 3.04. The Morgan fingerprint density at radius 1 is 1.04 bits per heavy atom. The maximum Gasteiger partial charge on any atom is 0.105 e. The molecule has 0 atom stereocenters. The maximum atomic E-state index is 6.17. The van der Waals surface area contributed by atoms with Gasteiger partial charge in [0.15, 0.2) is 0 Å². The molecule has 1 aliphatic rings. The molecule has 0 spiro atoms. The smallest absolute Gasteiger partial charge is 0.105 e. The Balaban J connectivity index is 1.74. The first kappa shape index (κ1) is 16.2. The number of fused-ring (bicyclic) bond motifs is 1. The SMILES string of the molecule is Clc1ccc2[nH]cc(/C=C/C3(c4ccccc4)SCCCS3)c2c1. The molecule has 3 aromatic rings. The zero-order valence-electron chi connectivity index (χ0n) is 13.2. The first-order valence-corrected chi connectivity index (χ1v) is 10.4. The first-order valence-electron chi connectivity index (χ1n) is 8.06. The maximum absolute atomic E-state index is 6.17. The normalized spacial score (nSPS) is 17.5. The summed E-state index contributed by atoms with van der Waals surface area (Å²) in [6, 6.07) is 16.8. The fourth-order valence-electron chi connectivity index (χ4n) is 3.03. The van der Waals surface area contributed by atoms with Gasteiger partial charge < -0.3 is 4.98 Å². The van der Waals surface area contributed by atoms with Gasteiger partial charge in [-0.25, -0.2) is 0 Å². The molecular formula is C20H18ClNS2. The van der Waals surface area contributed by atoms with Crippen LogP contribution in [0.25, 0.3) is 17.0 Å². The molecule has 2 aromatic carbocycles. The largest absolute Gasteiger partial charge is 0.361 e. The van der Waals surface area contributed by atoms with Crippen molar-refractivity contribution in [3.05, 3.63) is 77.0 Å². The van der Waals surface area contributed by atoms with Gasteiger partial charge in [0.25, 0.3) is 0 Å². The van der Waals surface area contributed by atoms with E-state index in [0.29, 0.717) is 0 Å². The number of benzene rings is 2. The lowest BCUT2D eigenvalue weighted by Crippen LogP contribution is -2.20. The third kappa shape index (κ3) is 3.13. The van der Waals surface area contributed by atoms with Crippen LogP contribution in [-0.4, -0.2) is 16.5 Å². The van der Waals surface area contributed by atoms with Crippen LogP contribution < -0.4 is 0 Å². The van der Waals surface area contributed by atoms with E-state index in [-0.39, 0.29) is 4.08 Å². The van der Waals surface area contributed by atoms with Gasteiger partial charge in [-0.05, 0) is 47.3 Å². The van der Waals surface area contributed by atoms with Gasteiger partial charge in [-0.2, -0.15) is 0 Å².